The number of pyridine rings is 1. The average Bonchev–Trinajstić information content (AvgIpc) is 2.43. The molecule has 0 bridgehead atoms. The van der Waals surface area contributed by atoms with Crippen LogP contribution in [0.1, 0.15) is 17.3 Å². The topological polar surface area (TPSA) is 60.2 Å². The van der Waals surface area contributed by atoms with Gasteiger partial charge < -0.3 is 4.74 Å². The summed E-state index contributed by atoms with van der Waals surface area (Å²) in [5.74, 6) is 4.56. The van der Waals surface area contributed by atoms with Gasteiger partial charge in [-0.1, -0.05) is 12.1 Å². The van der Waals surface area contributed by atoms with E-state index in [1.807, 2.05) is 0 Å². The molecule has 3 N–H and O–H groups in total. The van der Waals surface area contributed by atoms with Gasteiger partial charge in [0, 0.05) is 5.56 Å². The van der Waals surface area contributed by atoms with Crippen molar-refractivity contribution in [1.82, 2.24) is 10.4 Å². The van der Waals surface area contributed by atoms with Gasteiger partial charge in [-0.3, -0.25) is 10.8 Å². The van der Waals surface area contributed by atoms with Crippen molar-refractivity contribution in [2.75, 3.05) is 7.11 Å². The number of aromatic nitrogens is 1. The van der Waals surface area contributed by atoms with Crippen LogP contribution in [0.15, 0.2) is 36.5 Å². The Labute approximate surface area is 109 Å². The van der Waals surface area contributed by atoms with E-state index < -0.39 is 17.7 Å². The minimum atomic E-state index is -0.685. The number of ether oxygens (including phenoxy) is 1. The number of nitrogens with zero attached hydrogens (tertiary/aromatic N) is 1. The van der Waals surface area contributed by atoms with Crippen LogP contribution < -0.4 is 16.0 Å². The highest BCUT2D eigenvalue weighted by atomic mass is 19.1. The maximum absolute atomic E-state index is 14.2. The molecule has 1 aromatic carbocycles. The summed E-state index contributed by atoms with van der Waals surface area (Å²) in [7, 11) is 1.38. The average molecular weight is 265 g/mol. The molecular formula is C13H13F2N3O. The third-order valence-electron chi connectivity index (χ3n) is 2.74. The minimum Gasteiger partial charge on any atom is -0.494 e. The number of hydrogen-bond acceptors (Lipinski definition) is 4. The molecule has 0 spiro atoms. The Morgan fingerprint density at radius 3 is 2.63 bits per heavy atom. The molecule has 1 aromatic heterocycles. The SMILES string of the molecule is COc1cccc(C(NN)c2ccc(F)cn2)c1F. The van der Waals surface area contributed by atoms with Crippen molar-refractivity contribution in [3.63, 3.8) is 0 Å². The second-order valence-corrected chi connectivity index (χ2v) is 3.86. The number of hydrazine groups is 1. The maximum Gasteiger partial charge on any atom is 0.170 e. The maximum atomic E-state index is 14.2. The lowest BCUT2D eigenvalue weighted by Crippen LogP contribution is -2.30. The lowest BCUT2D eigenvalue weighted by atomic mass is 10.0. The molecule has 0 saturated heterocycles. The quantitative estimate of drug-likeness (QED) is 0.655. The molecule has 19 heavy (non-hydrogen) atoms. The molecule has 1 unspecified atom stereocenters. The molecule has 0 aliphatic carbocycles. The summed E-state index contributed by atoms with van der Waals surface area (Å²) in [4.78, 5) is 3.90. The molecule has 0 amide bonds. The zero-order valence-electron chi connectivity index (χ0n) is 10.2. The fourth-order valence-corrected chi connectivity index (χ4v) is 1.80. The molecule has 1 heterocycles. The molecule has 0 saturated carbocycles. The van der Waals surface area contributed by atoms with E-state index in [-0.39, 0.29) is 11.3 Å². The van der Waals surface area contributed by atoms with Crippen LogP contribution in [0.2, 0.25) is 0 Å². The number of hydrogen-bond donors (Lipinski definition) is 2. The molecule has 4 nitrogen and oxygen atoms in total. The normalized spacial score (nSPS) is 12.2. The molecule has 6 heteroatoms. The smallest absolute Gasteiger partial charge is 0.170 e. The fourth-order valence-electron chi connectivity index (χ4n) is 1.80. The van der Waals surface area contributed by atoms with E-state index in [0.717, 1.165) is 6.20 Å². The molecule has 0 fully saturated rings. The highest BCUT2D eigenvalue weighted by molar-refractivity contribution is 5.36. The molecule has 1 atom stereocenters. The van der Waals surface area contributed by atoms with Crippen molar-refractivity contribution >= 4 is 0 Å². The number of nitrogens with two attached hydrogens (primary N) is 1. The Morgan fingerprint density at radius 1 is 1.26 bits per heavy atom. The van der Waals surface area contributed by atoms with E-state index in [0.29, 0.717) is 5.69 Å². The number of halogens is 2. The number of nitrogens with one attached hydrogen (secondary N) is 1. The zero-order chi connectivity index (χ0) is 13.8. The summed E-state index contributed by atoms with van der Waals surface area (Å²) >= 11 is 0. The van der Waals surface area contributed by atoms with Crippen LogP contribution in [0.4, 0.5) is 8.78 Å². The van der Waals surface area contributed by atoms with Gasteiger partial charge in [-0.2, -0.15) is 0 Å². The fraction of sp³-hybridized carbons (Fsp3) is 0.154. The predicted octanol–water partition coefficient (Wildman–Crippen LogP) is 1.92. The second kappa shape index (κ2) is 5.73. The van der Waals surface area contributed by atoms with E-state index in [2.05, 4.69) is 10.4 Å². The first-order chi connectivity index (χ1) is 9.17. The van der Waals surface area contributed by atoms with Crippen LogP contribution in [0.5, 0.6) is 5.75 Å². The summed E-state index contributed by atoms with van der Waals surface area (Å²) in [6.07, 6.45) is 1.05. The van der Waals surface area contributed by atoms with Crippen LogP contribution in [0.3, 0.4) is 0 Å². The minimum absolute atomic E-state index is 0.111. The monoisotopic (exact) mass is 265 g/mol. The van der Waals surface area contributed by atoms with Gasteiger partial charge in [-0.05, 0) is 18.2 Å². The van der Waals surface area contributed by atoms with Gasteiger partial charge >= 0.3 is 0 Å². The van der Waals surface area contributed by atoms with E-state index in [1.165, 1.54) is 25.3 Å². The highest BCUT2D eigenvalue weighted by Crippen LogP contribution is 2.27. The van der Waals surface area contributed by atoms with Crippen molar-refractivity contribution in [3.05, 3.63) is 59.4 Å². The van der Waals surface area contributed by atoms with Gasteiger partial charge in [-0.15, -0.1) is 0 Å². The van der Waals surface area contributed by atoms with E-state index in [1.54, 1.807) is 12.1 Å². The molecule has 0 radical (unpaired) electrons. The van der Waals surface area contributed by atoms with E-state index >= 15 is 0 Å². The van der Waals surface area contributed by atoms with Crippen LogP contribution in [-0.4, -0.2) is 12.1 Å². The van der Waals surface area contributed by atoms with E-state index in [9.17, 15) is 8.78 Å². The van der Waals surface area contributed by atoms with Crippen molar-refractivity contribution < 1.29 is 13.5 Å². The first kappa shape index (κ1) is 13.4. The van der Waals surface area contributed by atoms with Gasteiger partial charge in [-0.25, -0.2) is 14.2 Å². The second-order valence-electron chi connectivity index (χ2n) is 3.86. The van der Waals surface area contributed by atoms with Crippen LogP contribution in [0.25, 0.3) is 0 Å². The Hall–Kier alpha value is -2.05. The molecule has 2 rings (SSSR count). The first-order valence-electron chi connectivity index (χ1n) is 5.57. The molecule has 100 valence electrons. The van der Waals surface area contributed by atoms with Crippen LogP contribution in [0, 0.1) is 11.6 Å². The molecule has 0 aliphatic rings. The molecular weight excluding hydrogens is 252 g/mol. The summed E-state index contributed by atoms with van der Waals surface area (Å²) in [6, 6.07) is 6.71. The molecule has 2 aromatic rings. The Balaban J connectivity index is 2.45. The number of rotatable bonds is 4. The Kier molecular flexibility index (Phi) is 4.03. The highest BCUT2D eigenvalue weighted by Gasteiger charge is 2.20. The van der Waals surface area contributed by atoms with Gasteiger partial charge in [0.1, 0.15) is 5.82 Å². The largest absolute Gasteiger partial charge is 0.494 e. The molecule has 0 aliphatic heterocycles. The summed E-state index contributed by atoms with van der Waals surface area (Å²) in [6.45, 7) is 0. The standard InChI is InChI=1S/C13H13F2N3O/c1-19-11-4-2-3-9(12(11)15)13(18-16)10-6-5-8(14)7-17-10/h2-7,13,18H,16H2,1H3. The van der Waals surface area contributed by atoms with Crippen LogP contribution >= 0.6 is 0 Å². The van der Waals surface area contributed by atoms with Gasteiger partial charge in [0.05, 0.1) is 25.0 Å². The Morgan fingerprint density at radius 2 is 2.05 bits per heavy atom. The first-order valence-corrected chi connectivity index (χ1v) is 5.57. The van der Waals surface area contributed by atoms with Gasteiger partial charge in [0.15, 0.2) is 11.6 Å². The van der Waals surface area contributed by atoms with Gasteiger partial charge in [0.2, 0.25) is 0 Å². The summed E-state index contributed by atoms with van der Waals surface area (Å²) in [5, 5.41) is 0. The predicted molar refractivity (Wildman–Crippen MR) is 66.3 cm³/mol. The summed E-state index contributed by atoms with van der Waals surface area (Å²) < 4.78 is 31.9. The van der Waals surface area contributed by atoms with Crippen molar-refractivity contribution in [2.45, 2.75) is 6.04 Å². The van der Waals surface area contributed by atoms with E-state index in [4.69, 9.17) is 10.6 Å². The van der Waals surface area contributed by atoms with Gasteiger partial charge in [0.25, 0.3) is 0 Å². The lowest BCUT2D eigenvalue weighted by Gasteiger charge is -2.17. The number of methoxy groups -OCH3 is 1. The third kappa shape index (κ3) is 2.69. The van der Waals surface area contributed by atoms with Crippen molar-refractivity contribution in [2.24, 2.45) is 5.84 Å². The Bertz CT molecular complexity index is 560. The lowest BCUT2D eigenvalue weighted by molar-refractivity contribution is 0.381. The third-order valence-corrected chi connectivity index (χ3v) is 2.74. The van der Waals surface area contributed by atoms with Crippen molar-refractivity contribution in [3.8, 4) is 5.75 Å². The summed E-state index contributed by atoms with van der Waals surface area (Å²) in [5.41, 5.74) is 3.16. The van der Waals surface area contributed by atoms with Crippen LogP contribution in [-0.2, 0) is 0 Å². The number of benzene rings is 1. The zero-order valence-corrected chi connectivity index (χ0v) is 10.2. The van der Waals surface area contributed by atoms with Crippen molar-refractivity contribution in [1.29, 1.82) is 0 Å².